The molecule has 1 aromatic carbocycles. The van der Waals surface area contributed by atoms with Gasteiger partial charge in [0.15, 0.2) is 0 Å². The van der Waals surface area contributed by atoms with E-state index in [9.17, 15) is 4.79 Å². The Morgan fingerprint density at radius 2 is 2.00 bits per heavy atom. The number of nitrogen functional groups attached to an aromatic ring is 1. The Kier molecular flexibility index (Phi) is 4.43. The molecule has 0 spiro atoms. The maximum absolute atomic E-state index is 10.9. The zero-order valence-electron chi connectivity index (χ0n) is 7.79. The molecule has 1 rings (SSSR count). The van der Waals surface area contributed by atoms with Crippen molar-refractivity contribution < 1.29 is 4.79 Å². The first-order chi connectivity index (χ1) is 6.76. The molecule has 0 unspecified atom stereocenters. The summed E-state index contributed by atoms with van der Waals surface area (Å²) in [6, 6.07) is 7.63. The van der Waals surface area contributed by atoms with Gasteiger partial charge in [0.25, 0.3) is 0 Å². The smallest absolute Gasteiger partial charge is 0.147 e. The SMILES string of the molecule is NNc1ccc(CCC(=O)CCl)cc1. The molecule has 4 heteroatoms. The van der Waals surface area contributed by atoms with Gasteiger partial charge < -0.3 is 5.43 Å². The summed E-state index contributed by atoms with van der Waals surface area (Å²) >= 11 is 5.39. The Morgan fingerprint density at radius 1 is 1.36 bits per heavy atom. The first-order valence-electron chi connectivity index (χ1n) is 4.39. The van der Waals surface area contributed by atoms with Gasteiger partial charge in [0, 0.05) is 12.1 Å². The van der Waals surface area contributed by atoms with E-state index in [4.69, 9.17) is 17.4 Å². The summed E-state index contributed by atoms with van der Waals surface area (Å²) in [5, 5.41) is 0. The number of carbonyl (C=O) groups is 1. The number of rotatable bonds is 5. The predicted molar refractivity (Wildman–Crippen MR) is 58.3 cm³/mol. The number of anilines is 1. The Labute approximate surface area is 88.2 Å². The summed E-state index contributed by atoms with van der Waals surface area (Å²) in [6.45, 7) is 0. The van der Waals surface area contributed by atoms with Crippen molar-refractivity contribution in [3.8, 4) is 0 Å². The molecule has 0 aliphatic heterocycles. The van der Waals surface area contributed by atoms with Crippen molar-refractivity contribution in [1.29, 1.82) is 0 Å². The average molecular weight is 213 g/mol. The van der Waals surface area contributed by atoms with Crippen LogP contribution in [0.5, 0.6) is 0 Å². The summed E-state index contributed by atoms with van der Waals surface area (Å²) < 4.78 is 0. The van der Waals surface area contributed by atoms with Crippen LogP contribution < -0.4 is 11.3 Å². The van der Waals surface area contributed by atoms with Gasteiger partial charge in [0.05, 0.1) is 5.88 Å². The van der Waals surface area contributed by atoms with Gasteiger partial charge in [-0.2, -0.15) is 0 Å². The second-order valence-corrected chi connectivity index (χ2v) is 3.28. The molecule has 76 valence electrons. The number of benzene rings is 1. The molecule has 3 N–H and O–H groups in total. The molecule has 0 saturated carbocycles. The van der Waals surface area contributed by atoms with E-state index in [1.165, 1.54) is 0 Å². The van der Waals surface area contributed by atoms with E-state index in [-0.39, 0.29) is 11.7 Å². The second-order valence-electron chi connectivity index (χ2n) is 3.01. The van der Waals surface area contributed by atoms with E-state index in [1.54, 1.807) is 0 Å². The van der Waals surface area contributed by atoms with Gasteiger partial charge in [-0.05, 0) is 24.1 Å². The van der Waals surface area contributed by atoms with E-state index in [2.05, 4.69) is 5.43 Å². The highest BCUT2D eigenvalue weighted by Crippen LogP contribution is 2.09. The number of alkyl halides is 1. The minimum absolute atomic E-state index is 0.0766. The Balaban J connectivity index is 2.47. The third kappa shape index (κ3) is 3.36. The topological polar surface area (TPSA) is 55.1 Å². The molecular weight excluding hydrogens is 200 g/mol. The number of Topliss-reactive ketones (excluding diaryl/α,β-unsaturated/α-hetero) is 1. The van der Waals surface area contributed by atoms with Crippen molar-refractivity contribution in [2.45, 2.75) is 12.8 Å². The predicted octanol–water partition coefficient (Wildman–Crippen LogP) is 1.71. The average Bonchev–Trinajstić information content (AvgIpc) is 2.26. The normalized spacial score (nSPS) is 9.86. The number of nitrogens with two attached hydrogens (primary N) is 1. The minimum atomic E-state index is 0.0766. The Hall–Kier alpha value is -1.06. The third-order valence-electron chi connectivity index (χ3n) is 1.96. The quantitative estimate of drug-likeness (QED) is 0.444. The molecule has 0 heterocycles. The number of hydrogen-bond acceptors (Lipinski definition) is 3. The molecular formula is C10H13ClN2O. The Morgan fingerprint density at radius 3 is 2.50 bits per heavy atom. The number of hydrazine groups is 1. The summed E-state index contributed by atoms with van der Waals surface area (Å²) in [5.41, 5.74) is 4.51. The molecule has 1 aromatic rings. The van der Waals surface area contributed by atoms with Crippen LogP contribution in [0, 0.1) is 0 Å². The molecule has 0 bridgehead atoms. The Bertz CT molecular complexity index is 297. The number of ketones is 1. The van der Waals surface area contributed by atoms with Gasteiger partial charge in [-0.15, -0.1) is 11.6 Å². The summed E-state index contributed by atoms with van der Waals surface area (Å²) in [7, 11) is 0. The number of nitrogens with one attached hydrogen (secondary N) is 1. The molecule has 0 aromatic heterocycles. The fourth-order valence-corrected chi connectivity index (χ4v) is 1.25. The fourth-order valence-electron chi connectivity index (χ4n) is 1.12. The molecule has 0 saturated heterocycles. The highest BCUT2D eigenvalue weighted by atomic mass is 35.5. The summed E-state index contributed by atoms with van der Waals surface area (Å²) in [4.78, 5) is 10.9. The van der Waals surface area contributed by atoms with Crippen LogP contribution in [0.25, 0.3) is 0 Å². The molecule has 0 amide bonds. The first kappa shape index (κ1) is 11.0. The van der Waals surface area contributed by atoms with Gasteiger partial charge >= 0.3 is 0 Å². The van der Waals surface area contributed by atoms with Crippen molar-refractivity contribution in [3.63, 3.8) is 0 Å². The largest absolute Gasteiger partial charge is 0.324 e. The van der Waals surface area contributed by atoms with E-state index >= 15 is 0 Å². The standard InChI is InChI=1S/C10H13ClN2O/c11-7-10(14)6-3-8-1-4-9(13-12)5-2-8/h1-2,4-5,13H,3,6-7,12H2. The molecule has 3 nitrogen and oxygen atoms in total. The summed E-state index contributed by atoms with van der Waals surface area (Å²) in [5.74, 6) is 5.40. The minimum Gasteiger partial charge on any atom is -0.324 e. The number of aryl methyl sites for hydroxylation is 1. The molecule has 14 heavy (non-hydrogen) atoms. The van der Waals surface area contributed by atoms with Crippen molar-refractivity contribution in [3.05, 3.63) is 29.8 Å². The van der Waals surface area contributed by atoms with Crippen molar-refractivity contribution in [1.82, 2.24) is 0 Å². The molecule has 0 radical (unpaired) electrons. The molecule has 0 aliphatic rings. The van der Waals surface area contributed by atoms with Crippen LogP contribution >= 0.6 is 11.6 Å². The van der Waals surface area contributed by atoms with Gasteiger partial charge in [0.2, 0.25) is 0 Å². The van der Waals surface area contributed by atoms with Gasteiger partial charge in [-0.25, -0.2) is 0 Å². The lowest BCUT2D eigenvalue weighted by atomic mass is 10.1. The first-order valence-corrected chi connectivity index (χ1v) is 4.93. The zero-order valence-corrected chi connectivity index (χ0v) is 8.55. The maximum Gasteiger partial charge on any atom is 0.147 e. The van der Waals surface area contributed by atoms with Crippen molar-refractivity contribution in [2.75, 3.05) is 11.3 Å². The number of hydrogen-bond donors (Lipinski definition) is 2. The van der Waals surface area contributed by atoms with Gasteiger partial charge in [-0.3, -0.25) is 10.6 Å². The van der Waals surface area contributed by atoms with E-state index in [0.29, 0.717) is 6.42 Å². The zero-order chi connectivity index (χ0) is 10.4. The van der Waals surface area contributed by atoms with Crippen molar-refractivity contribution >= 4 is 23.1 Å². The van der Waals surface area contributed by atoms with Gasteiger partial charge in [-0.1, -0.05) is 12.1 Å². The lowest BCUT2D eigenvalue weighted by Gasteiger charge is -2.02. The molecule has 0 aliphatic carbocycles. The van der Waals surface area contributed by atoms with E-state index in [1.807, 2.05) is 24.3 Å². The fraction of sp³-hybridized carbons (Fsp3) is 0.300. The van der Waals surface area contributed by atoms with Crippen LogP contribution in [0.2, 0.25) is 0 Å². The molecule has 0 atom stereocenters. The maximum atomic E-state index is 10.9. The summed E-state index contributed by atoms with van der Waals surface area (Å²) in [6.07, 6.45) is 1.23. The highest BCUT2D eigenvalue weighted by Gasteiger charge is 2.00. The lowest BCUT2D eigenvalue weighted by molar-refractivity contribution is -0.116. The van der Waals surface area contributed by atoms with Crippen LogP contribution in [-0.4, -0.2) is 11.7 Å². The number of halogens is 1. The molecule has 0 fully saturated rings. The highest BCUT2D eigenvalue weighted by molar-refractivity contribution is 6.27. The monoisotopic (exact) mass is 212 g/mol. The van der Waals surface area contributed by atoms with Crippen LogP contribution in [0.1, 0.15) is 12.0 Å². The van der Waals surface area contributed by atoms with Crippen LogP contribution in [0.4, 0.5) is 5.69 Å². The number of carbonyl (C=O) groups excluding carboxylic acids is 1. The van der Waals surface area contributed by atoms with E-state index < -0.39 is 0 Å². The van der Waals surface area contributed by atoms with Crippen LogP contribution in [0.3, 0.4) is 0 Å². The van der Waals surface area contributed by atoms with Crippen molar-refractivity contribution in [2.24, 2.45) is 5.84 Å². The lowest BCUT2D eigenvalue weighted by Crippen LogP contribution is -2.06. The van der Waals surface area contributed by atoms with Crippen LogP contribution in [-0.2, 0) is 11.2 Å². The second kappa shape index (κ2) is 5.62. The van der Waals surface area contributed by atoms with Crippen LogP contribution in [0.15, 0.2) is 24.3 Å². The van der Waals surface area contributed by atoms with E-state index in [0.717, 1.165) is 17.7 Å². The van der Waals surface area contributed by atoms with Gasteiger partial charge in [0.1, 0.15) is 5.78 Å². The third-order valence-corrected chi connectivity index (χ3v) is 2.26.